The van der Waals surface area contributed by atoms with Gasteiger partial charge in [0, 0.05) is 18.1 Å². The van der Waals surface area contributed by atoms with E-state index in [0.29, 0.717) is 19.3 Å². The molecule has 6 saturated heterocycles. The van der Waals surface area contributed by atoms with Gasteiger partial charge in [-0.25, -0.2) is 0 Å². The second-order valence-electron chi connectivity index (χ2n) is 18.6. The number of hydrogen-bond acceptors (Lipinski definition) is 32. The standard InChI is InChI=1S/C41H71N3O31/c42-44-43-4-2-1-3-5-64-36-26(59)31(19(52)13(7-46)65-36)72-38-28(61)33(21(54)15(9-48)67-38)74-40-30(63)35(23(56)17(11-50)69-40)75-41-29(62)34(22(55)16(10-49)70-41)73-39-27(60)32(20(53)14(8-47)68-39)71-37-25(58)24(57)18(51)12(6-45)66-37/h12-41,45-63H,1-11H2/t12?,13?,14?,15?,16?,17?,18-,19-,20-,21-,22-,23-,24+,25?,26?,27?,28?,29?,30?,31+,32+,33+,34+,35+,36-,37+,38+,39+,40+,41+/m1/s1. The van der Waals surface area contributed by atoms with Gasteiger partial charge in [0.2, 0.25) is 0 Å². The van der Waals surface area contributed by atoms with Crippen molar-refractivity contribution in [2.24, 2.45) is 5.11 Å². The molecule has 34 heteroatoms. The van der Waals surface area contributed by atoms with Crippen LogP contribution in [0.4, 0.5) is 0 Å². The Bertz CT molecular complexity index is 1750. The smallest absolute Gasteiger partial charge is 0.187 e. The van der Waals surface area contributed by atoms with Gasteiger partial charge in [-0.2, -0.15) is 0 Å². The largest absolute Gasteiger partial charge is 0.394 e. The number of aliphatic hydroxyl groups is 19. The quantitative estimate of drug-likeness (QED) is 0.0195. The molecule has 6 aliphatic rings. The van der Waals surface area contributed by atoms with E-state index in [9.17, 15) is 97.0 Å². The molecule has 34 nitrogen and oxygen atoms in total. The number of azide groups is 1. The molecular formula is C41H71N3O31. The first-order valence-electron chi connectivity index (χ1n) is 24.1. The molecule has 0 aromatic heterocycles. The van der Waals surface area contributed by atoms with Gasteiger partial charge >= 0.3 is 0 Å². The molecule has 0 saturated carbocycles. The number of aliphatic hydroxyl groups excluding tert-OH is 19. The summed E-state index contributed by atoms with van der Waals surface area (Å²) in [5.41, 5.74) is 8.45. The van der Waals surface area contributed by atoms with Gasteiger partial charge in [0.1, 0.15) is 146 Å². The Kier molecular flexibility index (Phi) is 23.6. The first-order chi connectivity index (χ1) is 35.8. The van der Waals surface area contributed by atoms with Crippen molar-refractivity contribution < 1.29 is 154 Å². The summed E-state index contributed by atoms with van der Waals surface area (Å²) in [6, 6.07) is 0. The Morgan fingerprint density at radius 1 is 0.320 bits per heavy atom. The van der Waals surface area contributed by atoms with Crippen LogP contribution in [0.15, 0.2) is 5.11 Å². The molecule has 0 radical (unpaired) electrons. The Morgan fingerprint density at radius 2 is 0.587 bits per heavy atom. The normalized spacial score (nSPS) is 48.8. The fourth-order valence-corrected chi connectivity index (χ4v) is 9.32. The van der Waals surface area contributed by atoms with E-state index < -0.39 is 224 Å². The minimum atomic E-state index is -2.26. The lowest BCUT2D eigenvalue weighted by atomic mass is 9.95. The summed E-state index contributed by atoms with van der Waals surface area (Å²) in [6.45, 7) is -5.53. The van der Waals surface area contributed by atoms with Crippen molar-refractivity contribution in [3.8, 4) is 0 Å². The summed E-state index contributed by atoms with van der Waals surface area (Å²) in [6.07, 6.45) is -56.3. The van der Waals surface area contributed by atoms with E-state index >= 15 is 0 Å². The Morgan fingerprint density at radius 3 is 0.880 bits per heavy atom. The molecule has 19 N–H and O–H groups in total. The van der Waals surface area contributed by atoms with Gasteiger partial charge < -0.3 is 154 Å². The summed E-state index contributed by atoms with van der Waals surface area (Å²) in [5.74, 6) is 0. The van der Waals surface area contributed by atoms with E-state index in [4.69, 9.17) is 62.4 Å². The molecule has 0 aromatic rings. The van der Waals surface area contributed by atoms with Crippen LogP contribution in [0.5, 0.6) is 0 Å². The Balaban J connectivity index is 1.16. The van der Waals surface area contributed by atoms with Crippen LogP contribution in [-0.2, 0) is 56.8 Å². The van der Waals surface area contributed by atoms with E-state index in [2.05, 4.69) is 10.0 Å². The molecule has 0 bridgehead atoms. The third kappa shape index (κ3) is 14.0. The van der Waals surface area contributed by atoms with Crippen molar-refractivity contribution in [2.45, 2.75) is 203 Å². The zero-order valence-electron chi connectivity index (χ0n) is 39.8. The first-order valence-corrected chi connectivity index (χ1v) is 24.1. The average molecular weight is 1100 g/mol. The monoisotopic (exact) mass is 1100 g/mol. The summed E-state index contributed by atoms with van der Waals surface area (Å²) < 4.78 is 67.4. The van der Waals surface area contributed by atoms with E-state index in [1.54, 1.807) is 0 Å². The zero-order valence-corrected chi connectivity index (χ0v) is 39.8. The fourth-order valence-electron chi connectivity index (χ4n) is 9.32. The molecule has 0 aliphatic carbocycles. The molecule has 6 fully saturated rings. The van der Waals surface area contributed by atoms with Crippen molar-refractivity contribution in [2.75, 3.05) is 52.8 Å². The molecule has 0 spiro atoms. The van der Waals surface area contributed by atoms with Crippen LogP contribution < -0.4 is 0 Å². The third-order valence-corrected chi connectivity index (χ3v) is 13.7. The van der Waals surface area contributed by atoms with Crippen LogP contribution in [-0.4, -0.2) is 334 Å². The van der Waals surface area contributed by atoms with Gasteiger partial charge in [-0.3, -0.25) is 0 Å². The highest BCUT2D eigenvalue weighted by Gasteiger charge is 2.58. The molecule has 6 heterocycles. The molecule has 12 unspecified atom stereocenters. The highest BCUT2D eigenvalue weighted by Crippen LogP contribution is 2.37. The number of rotatable bonds is 23. The van der Waals surface area contributed by atoms with Gasteiger partial charge in [-0.1, -0.05) is 11.5 Å². The number of unbranched alkanes of at least 4 members (excludes halogenated alkanes) is 2. The maximum absolute atomic E-state index is 11.7. The molecule has 0 aromatic carbocycles. The van der Waals surface area contributed by atoms with E-state index in [1.165, 1.54) is 0 Å². The predicted octanol–water partition coefficient (Wildman–Crippen LogP) is -11.6. The van der Waals surface area contributed by atoms with Gasteiger partial charge in [0.15, 0.2) is 37.7 Å². The van der Waals surface area contributed by atoms with Crippen LogP contribution in [0.2, 0.25) is 0 Å². The lowest BCUT2D eigenvalue weighted by Gasteiger charge is -2.50. The number of ether oxygens (including phenoxy) is 12. The molecule has 30 atom stereocenters. The van der Waals surface area contributed by atoms with Crippen molar-refractivity contribution in [3.05, 3.63) is 10.4 Å². The van der Waals surface area contributed by atoms with Crippen LogP contribution in [0.1, 0.15) is 19.3 Å². The molecule has 436 valence electrons. The van der Waals surface area contributed by atoms with Crippen molar-refractivity contribution >= 4 is 0 Å². The lowest BCUT2D eigenvalue weighted by Crippen LogP contribution is -2.68. The van der Waals surface area contributed by atoms with Gasteiger partial charge in [-0.15, -0.1) is 0 Å². The van der Waals surface area contributed by atoms with E-state index in [1.807, 2.05) is 0 Å². The van der Waals surface area contributed by atoms with Gasteiger partial charge in [0.05, 0.1) is 39.6 Å². The average Bonchev–Trinajstić information content (AvgIpc) is 3.40. The van der Waals surface area contributed by atoms with E-state index in [-0.39, 0.29) is 13.2 Å². The number of nitrogens with zero attached hydrogens (tertiary/aromatic N) is 3. The van der Waals surface area contributed by atoms with Crippen molar-refractivity contribution in [1.29, 1.82) is 0 Å². The molecule has 6 rings (SSSR count). The highest BCUT2D eigenvalue weighted by atomic mass is 16.8. The summed E-state index contributed by atoms with van der Waals surface area (Å²) in [5, 5.41) is 208. The van der Waals surface area contributed by atoms with Crippen LogP contribution >= 0.6 is 0 Å². The van der Waals surface area contributed by atoms with Crippen molar-refractivity contribution in [3.63, 3.8) is 0 Å². The van der Waals surface area contributed by atoms with Crippen LogP contribution in [0.25, 0.3) is 10.4 Å². The highest BCUT2D eigenvalue weighted by molar-refractivity contribution is 5.00. The second-order valence-corrected chi connectivity index (χ2v) is 18.6. The van der Waals surface area contributed by atoms with Crippen molar-refractivity contribution in [1.82, 2.24) is 0 Å². The van der Waals surface area contributed by atoms with Crippen LogP contribution in [0.3, 0.4) is 0 Å². The molecule has 75 heavy (non-hydrogen) atoms. The molecule has 6 aliphatic heterocycles. The van der Waals surface area contributed by atoms with Crippen LogP contribution in [0, 0.1) is 0 Å². The topological polar surface area (TPSA) is 544 Å². The van der Waals surface area contributed by atoms with Gasteiger partial charge in [-0.05, 0) is 18.4 Å². The summed E-state index contributed by atoms with van der Waals surface area (Å²) >= 11 is 0. The summed E-state index contributed by atoms with van der Waals surface area (Å²) in [4.78, 5) is 2.66. The fraction of sp³-hybridized carbons (Fsp3) is 1.00. The van der Waals surface area contributed by atoms with Gasteiger partial charge in [0.25, 0.3) is 0 Å². The minimum Gasteiger partial charge on any atom is -0.394 e. The maximum atomic E-state index is 11.7. The molecular weight excluding hydrogens is 1030 g/mol. The predicted molar refractivity (Wildman–Crippen MR) is 231 cm³/mol. The third-order valence-electron chi connectivity index (χ3n) is 13.7. The zero-order chi connectivity index (χ0) is 55.0. The lowest BCUT2D eigenvalue weighted by molar-refractivity contribution is -0.398. The minimum absolute atomic E-state index is 0.00877. The maximum Gasteiger partial charge on any atom is 0.187 e. The Hall–Kier alpha value is -1.93. The first kappa shape index (κ1) is 62.3. The van der Waals surface area contributed by atoms with E-state index in [0.717, 1.165) is 0 Å². The summed E-state index contributed by atoms with van der Waals surface area (Å²) in [7, 11) is 0. The Labute approximate surface area is 425 Å². The molecule has 0 amide bonds. The number of hydrogen-bond donors (Lipinski definition) is 19. The second kappa shape index (κ2) is 28.5. The SMILES string of the molecule is [N-]=[N+]=NCCCCCO[C@@H]1OC(CO)[C@@H](O)[C@H](O[C@@H]2OC(CO)[C@@H](O)[C@H](O[C@@H]3OC(CO)[C@@H](O)[C@H](O[C@@H]4OC(CO)[C@@H](O)[C@H](O[C@@H]5OC(CO)[C@@H](O)[C@H](O[C@@H]6OC(CO)[C@@H](O)[C@H](O)C6O)C5O)C4O)C3O)C2O)C1O.